The van der Waals surface area contributed by atoms with E-state index in [9.17, 15) is 21.6 Å². The van der Waals surface area contributed by atoms with Crippen LogP contribution < -0.4 is 19.5 Å². The third kappa shape index (κ3) is 6.81. The Bertz CT molecular complexity index is 1650. The minimum absolute atomic E-state index is 0.0692. The molecule has 1 aromatic heterocycles. The number of ether oxygens (including phenoxy) is 2. The van der Waals surface area contributed by atoms with Crippen molar-refractivity contribution in [2.24, 2.45) is 0 Å². The number of tetrazole rings is 1. The van der Waals surface area contributed by atoms with Crippen LogP contribution in [0.2, 0.25) is 0 Å². The van der Waals surface area contributed by atoms with Gasteiger partial charge in [0, 0.05) is 12.1 Å². The van der Waals surface area contributed by atoms with Crippen molar-refractivity contribution in [3.8, 4) is 22.9 Å². The van der Waals surface area contributed by atoms with Crippen LogP contribution in [0.5, 0.6) is 11.5 Å². The normalized spacial score (nSPS) is 14.5. The number of halogens is 3. The molecule has 0 spiro atoms. The fourth-order valence-corrected chi connectivity index (χ4v) is 6.64. The fourth-order valence-electron chi connectivity index (χ4n) is 5.19. The number of benzene rings is 3. The van der Waals surface area contributed by atoms with Gasteiger partial charge in [-0.1, -0.05) is 30.3 Å². The maximum absolute atomic E-state index is 14.6. The first kappa shape index (κ1) is 30.4. The number of methoxy groups -OCH3 is 2. The maximum atomic E-state index is 14.6. The van der Waals surface area contributed by atoms with E-state index in [2.05, 4.69) is 25.6 Å². The largest absolute Gasteiger partial charge is 0.497 e. The number of aromatic nitrogens is 4. The summed E-state index contributed by atoms with van der Waals surface area (Å²) in [6, 6.07) is 15.8. The minimum Gasteiger partial charge on any atom is -0.497 e. The summed E-state index contributed by atoms with van der Waals surface area (Å²) in [4.78, 5) is -0.893. The lowest BCUT2D eigenvalue weighted by atomic mass is 9.86. The standard InChI is InChI=1S/C29H31F3N6O4S/c1-41-22-7-3-19(4-8-22)17-34-43(39,40)27-25(29(30,31)32)12-11-24(21-13-15-33-16-14-21)26(27)28-35-36-37-38(28)18-20-5-9-23(42-2)10-6-20/h3-12,21,33-34H,13-18H2,1-2H3. The molecule has 1 aliphatic rings. The van der Waals surface area contributed by atoms with E-state index in [4.69, 9.17) is 9.47 Å². The first-order valence-corrected chi connectivity index (χ1v) is 15.1. The summed E-state index contributed by atoms with van der Waals surface area (Å²) in [5.41, 5.74) is 0.291. The summed E-state index contributed by atoms with van der Waals surface area (Å²) in [6.45, 7) is 1.13. The van der Waals surface area contributed by atoms with Gasteiger partial charge in [-0.15, -0.1) is 5.10 Å². The van der Waals surface area contributed by atoms with Crippen LogP contribution in [0.4, 0.5) is 13.2 Å². The number of sulfonamides is 1. The molecule has 5 rings (SSSR count). The molecule has 2 heterocycles. The van der Waals surface area contributed by atoms with Crippen LogP contribution >= 0.6 is 0 Å². The molecule has 10 nitrogen and oxygen atoms in total. The van der Waals surface area contributed by atoms with E-state index in [1.807, 2.05) is 0 Å². The summed E-state index contributed by atoms with van der Waals surface area (Å²) in [6.07, 6.45) is -3.76. The summed E-state index contributed by atoms with van der Waals surface area (Å²) < 4.78 is 85.6. The minimum atomic E-state index is -4.97. The van der Waals surface area contributed by atoms with E-state index in [-0.39, 0.29) is 30.4 Å². The molecule has 1 aliphatic heterocycles. The Balaban J connectivity index is 1.66. The predicted octanol–water partition coefficient (Wildman–Crippen LogP) is 4.37. The van der Waals surface area contributed by atoms with Crippen molar-refractivity contribution in [3.05, 3.63) is 82.9 Å². The third-order valence-electron chi connectivity index (χ3n) is 7.42. The predicted molar refractivity (Wildman–Crippen MR) is 152 cm³/mol. The number of nitrogens with one attached hydrogen (secondary N) is 2. The highest BCUT2D eigenvalue weighted by Gasteiger charge is 2.41. The summed E-state index contributed by atoms with van der Waals surface area (Å²) >= 11 is 0. The Morgan fingerprint density at radius 3 is 2.12 bits per heavy atom. The van der Waals surface area contributed by atoms with Crippen LogP contribution in [0.3, 0.4) is 0 Å². The number of nitrogens with zero attached hydrogens (tertiary/aromatic N) is 4. The van der Waals surface area contributed by atoms with Crippen LogP contribution in [-0.2, 0) is 29.3 Å². The number of piperidine rings is 1. The second kappa shape index (κ2) is 12.7. The molecule has 4 aromatic rings. The average Bonchev–Trinajstić information content (AvgIpc) is 3.47. The first-order valence-electron chi connectivity index (χ1n) is 13.6. The second-order valence-electron chi connectivity index (χ2n) is 10.1. The monoisotopic (exact) mass is 616 g/mol. The number of hydrogen-bond acceptors (Lipinski definition) is 8. The molecule has 0 radical (unpaired) electrons. The molecular weight excluding hydrogens is 585 g/mol. The lowest BCUT2D eigenvalue weighted by Gasteiger charge is -2.27. The van der Waals surface area contributed by atoms with Gasteiger partial charge in [-0.3, -0.25) is 0 Å². The van der Waals surface area contributed by atoms with Crippen molar-refractivity contribution < 1.29 is 31.1 Å². The third-order valence-corrected chi connectivity index (χ3v) is 8.90. The summed E-state index contributed by atoms with van der Waals surface area (Å²) in [7, 11) is -1.71. The van der Waals surface area contributed by atoms with Gasteiger partial charge in [0.25, 0.3) is 0 Å². The van der Waals surface area contributed by atoms with E-state index in [1.54, 1.807) is 48.5 Å². The molecule has 0 bridgehead atoms. The van der Waals surface area contributed by atoms with Gasteiger partial charge in [-0.25, -0.2) is 17.8 Å². The quantitative estimate of drug-likeness (QED) is 0.270. The van der Waals surface area contributed by atoms with Gasteiger partial charge in [0.15, 0.2) is 5.82 Å². The van der Waals surface area contributed by atoms with Gasteiger partial charge in [-0.05, 0) is 89.3 Å². The van der Waals surface area contributed by atoms with Crippen molar-refractivity contribution in [1.29, 1.82) is 0 Å². The van der Waals surface area contributed by atoms with E-state index >= 15 is 0 Å². The highest BCUT2D eigenvalue weighted by atomic mass is 32.2. The highest BCUT2D eigenvalue weighted by molar-refractivity contribution is 7.89. The van der Waals surface area contributed by atoms with E-state index in [0.29, 0.717) is 48.6 Å². The van der Waals surface area contributed by atoms with E-state index < -0.39 is 26.7 Å². The van der Waals surface area contributed by atoms with Crippen molar-refractivity contribution in [2.75, 3.05) is 27.3 Å². The number of alkyl halides is 3. The Labute approximate surface area is 247 Å². The Morgan fingerprint density at radius 2 is 1.53 bits per heavy atom. The van der Waals surface area contributed by atoms with Gasteiger partial charge >= 0.3 is 6.18 Å². The number of rotatable bonds is 10. The lowest BCUT2D eigenvalue weighted by molar-refractivity contribution is -0.139. The topological polar surface area (TPSA) is 120 Å². The van der Waals surface area contributed by atoms with Crippen molar-refractivity contribution >= 4 is 10.0 Å². The molecule has 0 aliphatic carbocycles. The van der Waals surface area contributed by atoms with Crippen LogP contribution in [0.1, 0.15) is 41.0 Å². The molecule has 0 amide bonds. The number of hydrogen-bond donors (Lipinski definition) is 2. The molecule has 0 unspecified atom stereocenters. The molecule has 0 atom stereocenters. The molecule has 14 heteroatoms. The smallest absolute Gasteiger partial charge is 0.417 e. The van der Waals surface area contributed by atoms with E-state index in [1.165, 1.54) is 25.0 Å². The molecular formula is C29H31F3N6O4S. The Morgan fingerprint density at radius 1 is 0.930 bits per heavy atom. The average molecular weight is 617 g/mol. The second-order valence-corrected chi connectivity index (χ2v) is 11.8. The first-order chi connectivity index (χ1) is 20.6. The van der Waals surface area contributed by atoms with Crippen molar-refractivity contribution in [3.63, 3.8) is 0 Å². The van der Waals surface area contributed by atoms with E-state index in [0.717, 1.165) is 11.6 Å². The van der Waals surface area contributed by atoms with Crippen LogP contribution in [-0.4, -0.2) is 55.9 Å². The highest BCUT2D eigenvalue weighted by Crippen LogP contribution is 2.44. The molecule has 43 heavy (non-hydrogen) atoms. The van der Waals surface area contributed by atoms with Gasteiger partial charge in [0.1, 0.15) is 16.4 Å². The summed E-state index contributed by atoms with van der Waals surface area (Å²) in [5, 5.41) is 15.1. The van der Waals surface area contributed by atoms with Gasteiger partial charge in [0.05, 0.1) is 26.3 Å². The SMILES string of the molecule is COc1ccc(CNS(=O)(=O)c2c(C(F)(F)F)ccc(C3CCNCC3)c2-c2nnnn2Cc2ccc(OC)cc2)cc1. The Hall–Kier alpha value is -4.01. The zero-order valence-corrected chi connectivity index (χ0v) is 24.4. The van der Waals surface area contributed by atoms with Gasteiger partial charge in [-0.2, -0.15) is 13.2 Å². The van der Waals surface area contributed by atoms with Crippen molar-refractivity contribution in [1.82, 2.24) is 30.2 Å². The molecule has 0 saturated carbocycles. The molecule has 3 aromatic carbocycles. The zero-order chi connectivity index (χ0) is 30.6. The van der Waals surface area contributed by atoms with Gasteiger partial charge < -0.3 is 14.8 Å². The molecule has 1 fully saturated rings. The Kier molecular flexibility index (Phi) is 8.99. The van der Waals surface area contributed by atoms with Crippen molar-refractivity contribution in [2.45, 2.75) is 42.9 Å². The molecule has 2 N–H and O–H groups in total. The van der Waals surface area contributed by atoms with Gasteiger partial charge in [0.2, 0.25) is 10.0 Å². The van der Waals surface area contributed by atoms with Crippen LogP contribution in [0.25, 0.3) is 11.4 Å². The summed E-state index contributed by atoms with van der Waals surface area (Å²) in [5.74, 6) is 0.912. The van der Waals surface area contributed by atoms with Crippen LogP contribution in [0, 0.1) is 0 Å². The fraction of sp³-hybridized carbons (Fsp3) is 0.345. The molecule has 228 valence electrons. The zero-order valence-electron chi connectivity index (χ0n) is 23.6. The van der Waals surface area contributed by atoms with Crippen LogP contribution in [0.15, 0.2) is 65.6 Å². The maximum Gasteiger partial charge on any atom is 0.417 e. The molecule has 1 saturated heterocycles. The lowest BCUT2D eigenvalue weighted by Crippen LogP contribution is -2.30.